The zero-order valence-corrected chi connectivity index (χ0v) is 9.27. The molecule has 0 aliphatic heterocycles. The standard InChI is InChI=1S/C11H8ClN3O/c1-15-10(4-5-13-15)11-8-6-7(12)2-3-9(8)14-16-11/h2-6H,1H3. The van der Waals surface area contributed by atoms with Gasteiger partial charge in [0.1, 0.15) is 11.2 Å². The monoisotopic (exact) mass is 233 g/mol. The lowest BCUT2D eigenvalue weighted by Gasteiger charge is -1.97. The van der Waals surface area contributed by atoms with E-state index >= 15 is 0 Å². The Morgan fingerprint density at radius 3 is 2.94 bits per heavy atom. The molecule has 16 heavy (non-hydrogen) atoms. The summed E-state index contributed by atoms with van der Waals surface area (Å²) in [7, 11) is 1.86. The smallest absolute Gasteiger partial charge is 0.192 e. The van der Waals surface area contributed by atoms with Crippen LogP contribution < -0.4 is 0 Å². The molecular weight excluding hydrogens is 226 g/mol. The van der Waals surface area contributed by atoms with Crippen LogP contribution >= 0.6 is 11.6 Å². The highest BCUT2D eigenvalue weighted by Crippen LogP contribution is 2.29. The van der Waals surface area contributed by atoms with Crippen LogP contribution in [-0.4, -0.2) is 14.9 Å². The zero-order valence-electron chi connectivity index (χ0n) is 8.51. The zero-order chi connectivity index (χ0) is 11.1. The van der Waals surface area contributed by atoms with E-state index < -0.39 is 0 Å². The van der Waals surface area contributed by atoms with Gasteiger partial charge in [0.05, 0.1) is 5.39 Å². The Hall–Kier alpha value is -1.81. The lowest BCUT2D eigenvalue weighted by Crippen LogP contribution is -1.92. The van der Waals surface area contributed by atoms with Crippen LogP contribution in [0, 0.1) is 0 Å². The van der Waals surface area contributed by atoms with Crippen LogP contribution in [0.4, 0.5) is 0 Å². The summed E-state index contributed by atoms with van der Waals surface area (Å²) >= 11 is 5.96. The first-order valence-corrected chi connectivity index (χ1v) is 5.17. The molecule has 0 spiro atoms. The van der Waals surface area contributed by atoms with Crippen molar-refractivity contribution in [1.82, 2.24) is 14.9 Å². The maximum Gasteiger partial charge on any atom is 0.192 e. The maximum absolute atomic E-state index is 5.96. The van der Waals surface area contributed by atoms with Gasteiger partial charge in [-0.05, 0) is 24.3 Å². The molecule has 3 aromatic rings. The predicted octanol–water partition coefficient (Wildman–Crippen LogP) is 2.88. The fraction of sp³-hybridized carbons (Fsp3) is 0.0909. The van der Waals surface area contributed by atoms with Gasteiger partial charge in [-0.15, -0.1) is 0 Å². The van der Waals surface area contributed by atoms with E-state index in [4.69, 9.17) is 16.1 Å². The summed E-state index contributed by atoms with van der Waals surface area (Å²) in [5, 5.41) is 9.64. The molecule has 0 unspecified atom stereocenters. The number of halogens is 1. The molecule has 2 heterocycles. The molecular formula is C11H8ClN3O. The van der Waals surface area contributed by atoms with E-state index in [1.807, 2.05) is 25.2 Å². The van der Waals surface area contributed by atoms with E-state index in [-0.39, 0.29) is 0 Å². The van der Waals surface area contributed by atoms with E-state index in [1.165, 1.54) is 0 Å². The van der Waals surface area contributed by atoms with Gasteiger partial charge < -0.3 is 4.52 Å². The Morgan fingerprint density at radius 2 is 2.19 bits per heavy atom. The van der Waals surface area contributed by atoms with Gasteiger partial charge in [0, 0.05) is 18.3 Å². The number of aryl methyl sites for hydroxylation is 1. The van der Waals surface area contributed by atoms with Gasteiger partial charge in [-0.2, -0.15) is 5.10 Å². The summed E-state index contributed by atoms with van der Waals surface area (Å²) in [5.41, 5.74) is 1.67. The molecule has 0 radical (unpaired) electrons. The molecule has 0 bridgehead atoms. The average Bonchev–Trinajstić information content (AvgIpc) is 2.83. The Balaban J connectivity index is 2.32. The summed E-state index contributed by atoms with van der Waals surface area (Å²) in [4.78, 5) is 0. The van der Waals surface area contributed by atoms with Crippen LogP contribution in [0.5, 0.6) is 0 Å². The Bertz CT molecular complexity index is 656. The number of benzene rings is 1. The van der Waals surface area contributed by atoms with Crippen molar-refractivity contribution in [3.05, 3.63) is 35.5 Å². The summed E-state index contributed by atoms with van der Waals surface area (Å²) in [6.07, 6.45) is 1.72. The third-order valence-corrected chi connectivity index (χ3v) is 2.73. The van der Waals surface area contributed by atoms with Gasteiger partial charge in [-0.3, -0.25) is 4.68 Å². The molecule has 3 rings (SSSR count). The first-order valence-electron chi connectivity index (χ1n) is 4.79. The maximum atomic E-state index is 5.96. The molecule has 0 aliphatic rings. The Labute approximate surface area is 96.4 Å². The van der Waals surface area contributed by atoms with Crippen molar-refractivity contribution in [2.75, 3.05) is 0 Å². The molecule has 0 fully saturated rings. The molecule has 0 atom stereocenters. The largest absolute Gasteiger partial charge is 0.353 e. The molecule has 1 aromatic carbocycles. The second kappa shape index (κ2) is 3.35. The molecule has 5 heteroatoms. The molecule has 0 saturated heterocycles. The van der Waals surface area contributed by atoms with Gasteiger partial charge in [-0.25, -0.2) is 0 Å². The van der Waals surface area contributed by atoms with Crippen molar-refractivity contribution in [2.24, 2.45) is 7.05 Å². The number of aromatic nitrogens is 3. The van der Waals surface area contributed by atoms with E-state index in [1.54, 1.807) is 16.9 Å². The second-order valence-corrected chi connectivity index (χ2v) is 3.95. The van der Waals surface area contributed by atoms with Crippen LogP contribution in [-0.2, 0) is 7.05 Å². The van der Waals surface area contributed by atoms with E-state index in [9.17, 15) is 0 Å². The van der Waals surface area contributed by atoms with Crippen molar-refractivity contribution in [3.8, 4) is 11.5 Å². The highest BCUT2D eigenvalue weighted by atomic mass is 35.5. The first kappa shape index (κ1) is 9.42. The molecule has 0 amide bonds. The fourth-order valence-electron chi connectivity index (χ4n) is 1.70. The number of hydrogen-bond donors (Lipinski definition) is 0. The summed E-state index contributed by atoms with van der Waals surface area (Å²) in [6, 6.07) is 7.34. The normalized spacial score (nSPS) is 11.1. The van der Waals surface area contributed by atoms with Gasteiger partial charge in [0.15, 0.2) is 5.76 Å². The van der Waals surface area contributed by atoms with E-state index in [0.29, 0.717) is 10.8 Å². The van der Waals surface area contributed by atoms with Gasteiger partial charge in [-0.1, -0.05) is 16.8 Å². The van der Waals surface area contributed by atoms with Crippen molar-refractivity contribution in [1.29, 1.82) is 0 Å². The number of fused-ring (bicyclic) bond motifs is 1. The molecule has 0 N–H and O–H groups in total. The van der Waals surface area contributed by atoms with Crippen molar-refractivity contribution in [2.45, 2.75) is 0 Å². The van der Waals surface area contributed by atoms with Crippen LogP contribution in [0.3, 0.4) is 0 Å². The van der Waals surface area contributed by atoms with Gasteiger partial charge >= 0.3 is 0 Å². The third kappa shape index (κ3) is 1.31. The van der Waals surface area contributed by atoms with Crippen LogP contribution in [0.1, 0.15) is 0 Å². The average molecular weight is 234 g/mol. The SMILES string of the molecule is Cn1nccc1-c1onc2ccc(Cl)cc12. The molecule has 0 aliphatic carbocycles. The fourth-order valence-corrected chi connectivity index (χ4v) is 1.87. The van der Waals surface area contributed by atoms with Crippen LogP contribution in [0.25, 0.3) is 22.4 Å². The number of rotatable bonds is 1. The van der Waals surface area contributed by atoms with E-state index in [2.05, 4.69) is 10.3 Å². The minimum atomic E-state index is 0.666. The van der Waals surface area contributed by atoms with Gasteiger partial charge in [0.2, 0.25) is 0 Å². The lowest BCUT2D eigenvalue weighted by molar-refractivity contribution is 0.437. The minimum absolute atomic E-state index is 0.666. The molecule has 2 aromatic heterocycles. The quantitative estimate of drug-likeness (QED) is 0.649. The third-order valence-electron chi connectivity index (χ3n) is 2.49. The Morgan fingerprint density at radius 1 is 1.31 bits per heavy atom. The number of hydrogen-bond acceptors (Lipinski definition) is 3. The van der Waals surface area contributed by atoms with Crippen molar-refractivity contribution < 1.29 is 4.52 Å². The van der Waals surface area contributed by atoms with Crippen molar-refractivity contribution in [3.63, 3.8) is 0 Å². The summed E-state index contributed by atoms with van der Waals surface area (Å²) in [5.74, 6) is 0.692. The van der Waals surface area contributed by atoms with E-state index in [0.717, 1.165) is 16.6 Å². The topological polar surface area (TPSA) is 43.9 Å². The lowest BCUT2D eigenvalue weighted by atomic mass is 10.2. The van der Waals surface area contributed by atoms with Crippen LogP contribution in [0.2, 0.25) is 5.02 Å². The highest BCUT2D eigenvalue weighted by molar-refractivity contribution is 6.31. The Kier molecular flexibility index (Phi) is 1.97. The summed E-state index contributed by atoms with van der Waals surface area (Å²) < 4.78 is 7.06. The minimum Gasteiger partial charge on any atom is -0.353 e. The predicted molar refractivity (Wildman–Crippen MR) is 61.2 cm³/mol. The molecule has 4 nitrogen and oxygen atoms in total. The first-order chi connectivity index (χ1) is 7.75. The summed E-state index contributed by atoms with van der Waals surface area (Å²) in [6.45, 7) is 0. The second-order valence-electron chi connectivity index (χ2n) is 3.51. The number of nitrogens with zero attached hydrogens (tertiary/aromatic N) is 3. The molecule has 80 valence electrons. The van der Waals surface area contributed by atoms with Crippen molar-refractivity contribution >= 4 is 22.5 Å². The van der Waals surface area contributed by atoms with Gasteiger partial charge in [0.25, 0.3) is 0 Å². The van der Waals surface area contributed by atoms with Crippen LogP contribution in [0.15, 0.2) is 35.0 Å². The molecule has 0 saturated carbocycles. The highest BCUT2D eigenvalue weighted by Gasteiger charge is 2.13.